The Balaban J connectivity index is 2.07. The van der Waals surface area contributed by atoms with Crippen LogP contribution in [0.5, 0.6) is 0 Å². The second-order valence-electron chi connectivity index (χ2n) is 6.52. The summed E-state index contributed by atoms with van der Waals surface area (Å²) in [6, 6.07) is 21.2. The summed E-state index contributed by atoms with van der Waals surface area (Å²) in [4.78, 5) is 15.4. The van der Waals surface area contributed by atoms with E-state index >= 15 is 0 Å². The monoisotopic (exact) mass is 307 g/mol. The zero-order chi connectivity index (χ0) is 16.4. The minimum absolute atomic E-state index is 0.0207. The molecule has 0 bridgehead atoms. The summed E-state index contributed by atoms with van der Waals surface area (Å²) >= 11 is 0. The van der Waals surface area contributed by atoms with Crippen molar-refractivity contribution in [2.75, 3.05) is 6.54 Å². The summed E-state index contributed by atoms with van der Waals surface area (Å²) < 4.78 is 0. The van der Waals surface area contributed by atoms with E-state index in [1.54, 1.807) is 0 Å². The van der Waals surface area contributed by atoms with E-state index in [2.05, 4.69) is 74.2 Å². The first-order valence-corrected chi connectivity index (χ1v) is 8.54. The van der Waals surface area contributed by atoms with Crippen LogP contribution in [0.4, 0.5) is 0 Å². The van der Waals surface area contributed by atoms with Gasteiger partial charge in [0, 0.05) is 23.9 Å². The Morgan fingerprint density at radius 3 is 1.52 bits per heavy atom. The van der Waals surface area contributed by atoms with Gasteiger partial charge in [-0.3, -0.25) is 9.69 Å². The van der Waals surface area contributed by atoms with E-state index in [1.165, 1.54) is 11.1 Å². The van der Waals surface area contributed by atoms with Gasteiger partial charge in [-0.1, -0.05) is 81.4 Å². The molecule has 1 fully saturated rings. The maximum atomic E-state index is 12.9. The van der Waals surface area contributed by atoms with Crippen LogP contribution in [0.1, 0.15) is 44.0 Å². The summed E-state index contributed by atoms with van der Waals surface area (Å²) in [6.45, 7) is 7.29. The van der Waals surface area contributed by atoms with Crippen LogP contribution < -0.4 is 0 Å². The second kappa shape index (κ2) is 6.67. The van der Waals surface area contributed by atoms with Crippen molar-refractivity contribution >= 4 is 5.78 Å². The SMILES string of the molecule is CCN1[C@@H](c2ccccc2)[C@H](C)C(=O)[C@@H](C)[C@@H]1c1ccccc1. The van der Waals surface area contributed by atoms with Gasteiger partial charge in [0.1, 0.15) is 5.78 Å². The molecule has 2 aromatic rings. The fraction of sp³-hybridized carbons (Fsp3) is 0.381. The zero-order valence-corrected chi connectivity index (χ0v) is 14.1. The summed E-state index contributed by atoms with van der Waals surface area (Å²) in [5, 5.41) is 0. The Labute approximate surface area is 139 Å². The molecule has 0 amide bonds. The van der Waals surface area contributed by atoms with Gasteiger partial charge in [-0.25, -0.2) is 0 Å². The van der Waals surface area contributed by atoms with Crippen molar-refractivity contribution in [3.63, 3.8) is 0 Å². The van der Waals surface area contributed by atoms with E-state index in [9.17, 15) is 4.79 Å². The number of carbonyl (C=O) groups excluding carboxylic acids is 1. The molecular weight excluding hydrogens is 282 g/mol. The van der Waals surface area contributed by atoms with Crippen molar-refractivity contribution in [3.05, 3.63) is 71.8 Å². The van der Waals surface area contributed by atoms with Crippen LogP contribution in [0.2, 0.25) is 0 Å². The van der Waals surface area contributed by atoms with E-state index in [0.717, 1.165) is 6.54 Å². The number of benzene rings is 2. The van der Waals surface area contributed by atoms with Gasteiger partial charge >= 0.3 is 0 Å². The lowest BCUT2D eigenvalue weighted by Crippen LogP contribution is -2.49. The van der Waals surface area contributed by atoms with Gasteiger partial charge < -0.3 is 0 Å². The molecule has 2 heteroatoms. The molecule has 0 spiro atoms. The molecule has 2 nitrogen and oxygen atoms in total. The van der Waals surface area contributed by atoms with Crippen molar-refractivity contribution < 1.29 is 4.79 Å². The Hall–Kier alpha value is -1.93. The van der Waals surface area contributed by atoms with Crippen molar-refractivity contribution in [1.29, 1.82) is 0 Å². The Kier molecular flexibility index (Phi) is 4.63. The van der Waals surface area contributed by atoms with Crippen LogP contribution in [0.15, 0.2) is 60.7 Å². The predicted molar refractivity (Wildman–Crippen MR) is 94.1 cm³/mol. The Morgan fingerprint density at radius 1 is 0.783 bits per heavy atom. The average Bonchev–Trinajstić information content (AvgIpc) is 2.61. The summed E-state index contributed by atoms with van der Waals surface area (Å²) in [6.07, 6.45) is 0. The number of Topliss-reactive ketones (excluding diaryl/α,β-unsaturated/α-hetero) is 1. The lowest BCUT2D eigenvalue weighted by Gasteiger charge is -2.48. The predicted octanol–water partition coefficient (Wildman–Crippen LogP) is 4.65. The molecule has 4 atom stereocenters. The van der Waals surface area contributed by atoms with Gasteiger partial charge in [0.25, 0.3) is 0 Å². The smallest absolute Gasteiger partial charge is 0.142 e. The van der Waals surface area contributed by atoms with E-state index in [1.807, 2.05) is 12.1 Å². The van der Waals surface area contributed by atoms with Gasteiger partial charge in [0.2, 0.25) is 0 Å². The minimum Gasteiger partial charge on any atom is -0.299 e. The molecule has 1 saturated heterocycles. The van der Waals surface area contributed by atoms with Crippen LogP contribution in [0.3, 0.4) is 0 Å². The first kappa shape index (κ1) is 15.9. The third kappa shape index (κ3) is 2.84. The molecule has 0 unspecified atom stereocenters. The normalized spacial score (nSPS) is 28.7. The van der Waals surface area contributed by atoms with Gasteiger partial charge in [-0.15, -0.1) is 0 Å². The molecule has 0 saturated carbocycles. The largest absolute Gasteiger partial charge is 0.299 e. The third-order valence-corrected chi connectivity index (χ3v) is 5.21. The fourth-order valence-corrected chi connectivity index (χ4v) is 4.13. The number of hydrogen-bond donors (Lipinski definition) is 0. The van der Waals surface area contributed by atoms with Crippen LogP contribution in [0, 0.1) is 11.8 Å². The number of piperidine rings is 1. The van der Waals surface area contributed by atoms with Crippen LogP contribution in [0.25, 0.3) is 0 Å². The van der Waals surface area contributed by atoms with Crippen molar-refractivity contribution in [2.24, 2.45) is 11.8 Å². The number of hydrogen-bond acceptors (Lipinski definition) is 2. The number of nitrogens with zero attached hydrogens (tertiary/aromatic N) is 1. The van der Waals surface area contributed by atoms with Crippen molar-refractivity contribution in [2.45, 2.75) is 32.9 Å². The first-order valence-electron chi connectivity index (χ1n) is 8.54. The molecule has 3 rings (SSSR count). The fourth-order valence-electron chi connectivity index (χ4n) is 4.13. The molecular formula is C21H25NO. The number of carbonyl (C=O) groups is 1. The molecule has 23 heavy (non-hydrogen) atoms. The molecule has 0 aromatic heterocycles. The highest BCUT2D eigenvalue weighted by Crippen LogP contribution is 2.45. The topological polar surface area (TPSA) is 20.3 Å². The highest BCUT2D eigenvalue weighted by molar-refractivity contribution is 5.85. The summed E-state index contributed by atoms with van der Waals surface area (Å²) in [7, 11) is 0. The molecule has 0 radical (unpaired) electrons. The standard InChI is InChI=1S/C21H25NO/c1-4-22-19(17-11-7-5-8-12-17)15(2)21(23)16(3)20(22)18-13-9-6-10-14-18/h5-16,19-20H,4H2,1-3H3/t15-,16-,19+,20+/m0/s1. The molecule has 1 aliphatic rings. The first-order chi connectivity index (χ1) is 11.1. The lowest BCUT2D eigenvalue weighted by atomic mass is 9.74. The zero-order valence-electron chi connectivity index (χ0n) is 14.1. The summed E-state index contributed by atoms with van der Waals surface area (Å²) in [5.41, 5.74) is 2.48. The Morgan fingerprint density at radius 2 is 1.17 bits per heavy atom. The quantitative estimate of drug-likeness (QED) is 0.823. The maximum absolute atomic E-state index is 12.9. The maximum Gasteiger partial charge on any atom is 0.142 e. The van der Waals surface area contributed by atoms with Gasteiger partial charge in [-0.2, -0.15) is 0 Å². The van der Waals surface area contributed by atoms with Crippen LogP contribution in [-0.4, -0.2) is 17.2 Å². The Bertz CT molecular complexity index is 597. The second-order valence-corrected chi connectivity index (χ2v) is 6.52. The average molecular weight is 307 g/mol. The lowest BCUT2D eigenvalue weighted by molar-refractivity contribution is -0.137. The van der Waals surface area contributed by atoms with Crippen molar-refractivity contribution in [1.82, 2.24) is 4.90 Å². The van der Waals surface area contributed by atoms with Crippen LogP contribution >= 0.6 is 0 Å². The third-order valence-electron chi connectivity index (χ3n) is 5.21. The molecule has 0 N–H and O–H groups in total. The van der Waals surface area contributed by atoms with E-state index < -0.39 is 0 Å². The molecule has 1 heterocycles. The molecule has 1 aliphatic heterocycles. The molecule has 0 aliphatic carbocycles. The van der Waals surface area contributed by atoms with Gasteiger partial charge in [-0.05, 0) is 17.7 Å². The van der Waals surface area contributed by atoms with E-state index in [4.69, 9.17) is 0 Å². The van der Waals surface area contributed by atoms with E-state index in [0.29, 0.717) is 5.78 Å². The van der Waals surface area contributed by atoms with Crippen LogP contribution in [-0.2, 0) is 4.79 Å². The highest BCUT2D eigenvalue weighted by Gasteiger charge is 2.45. The van der Waals surface area contributed by atoms with Gasteiger partial charge in [0.05, 0.1) is 0 Å². The summed E-state index contributed by atoms with van der Waals surface area (Å²) in [5.74, 6) is 0.414. The van der Waals surface area contributed by atoms with Crippen molar-refractivity contribution in [3.8, 4) is 0 Å². The minimum atomic E-state index is 0.0207. The number of ketones is 1. The molecule has 2 aromatic carbocycles. The number of rotatable bonds is 3. The van der Waals surface area contributed by atoms with E-state index in [-0.39, 0.29) is 23.9 Å². The molecule has 120 valence electrons. The highest BCUT2D eigenvalue weighted by atomic mass is 16.1. The number of likely N-dealkylation sites (tertiary alicyclic amines) is 1. The van der Waals surface area contributed by atoms with Gasteiger partial charge in [0.15, 0.2) is 0 Å².